The number of esters is 1. The molecule has 2 aliphatic rings. The molecule has 2 aromatic carbocycles. The first-order chi connectivity index (χ1) is 16.3. The van der Waals surface area contributed by atoms with E-state index in [4.69, 9.17) is 9.47 Å². The molecule has 0 radical (unpaired) electrons. The molecule has 2 aromatic rings. The van der Waals surface area contributed by atoms with Crippen molar-refractivity contribution in [3.63, 3.8) is 0 Å². The molecule has 1 fully saturated rings. The summed E-state index contributed by atoms with van der Waals surface area (Å²) in [6, 6.07) is 10.3. The van der Waals surface area contributed by atoms with Crippen LogP contribution >= 0.6 is 11.8 Å². The van der Waals surface area contributed by atoms with Crippen molar-refractivity contribution in [2.45, 2.75) is 56.9 Å². The molecule has 8 heteroatoms. The van der Waals surface area contributed by atoms with Gasteiger partial charge in [-0.15, -0.1) is 0 Å². The van der Waals surface area contributed by atoms with Gasteiger partial charge in [-0.2, -0.15) is 11.8 Å². The van der Waals surface area contributed by atoms with Crippen LogP contribution in [0.1, 0.15) is 54.6 Å². The number of aryl methyl sites for hydroxylation is 2. The Morgan fingerprint density at radius 1 is 1.12 bits per heavy atom. The fraction of sp³-hybridized carbons (Fsp3) is 0.500. The number of benzene rings is 2. The number of thioether (sulfide) groups is 1. The third kappa shape index (κ3) is 5.08. The van der Waals surface area contributed by atoms with E-state index in [9.17, 15) is 13.2 Å². The zero-order valence-electron chi connectivity index (χ0n) is 20.1. The SMILES string of the molecule is CCc1ccc2c(c1)CC[C@@H](C)N2S(=O)(=O)c1ccc(OCC2CCSCC2)c(C(=O)OC)c1. The number of hydrogen-bond donors (Lipinski definition) is 0. The Hall–Kier alpha value is -2.19. The summed E-state index contributed by atoms with van der Waals surface area (Å²) in [5.74, 6) is 2.43. The quantitative estimate of drug-likeness (QED) is 0.490. The van der Waals surface area contributed by atoms with Gasteiger partial charge in [0.05, 0.1) is 24.3 Å². The summed E-state index contributed by atoms with van der Waals surface area (Å²) in [7, 11) is -2.60. The topological polar surface area (TPSA) is 72.9 Å². The second kappa shape index (κ2) is 10.6. The van der Waals surface area contributed by atoms with Crippen molar-refractivity contribution in [2.24, 2.45) is 5.92 Å². The molecular weight excluding hydrogens is 470 g/mol. The van der Waals surface area contributed by atoms with Crippen LogP contribution in [0.2, 0.25) is 0 Å². The fourth-order valence-electron chi connectivity index (χ4n) is 4.66. The third-order valence-electron chi connectivity index (χ3n) is 6.75. The zero-order valence-corrected chi connectivity index (χ0v) is 21.7. The van der Waals surface area contributed by atoms with Gasteiger partial charge >= 0.3 is 5.97 Å². The van der Waals surface area contributed by atoms with E-state index >= 15 is 0 Å². The lowest BCUT2D eigenvalue weighted by molar-refractivity contribution is 0.0594. The van der Waals surface area contributed by atoms with Crippen LogP contribution in [-0.4, -0.2) is 45.7 Å². The van der Waals surface area contributed by atoms with Crippen molar-refractivity contribution >= 4 is 33.4 Å². The minimum atomic E-state index is -3.89. The summed E-state index contributed by atoms with van der Waals surface area (Å²) in [6.07, 6.45) is 4.65. The monoisotopic (exact) mass is 503 g/mol. The van der Waals surface area contributed by atoms with E-state index < -0.39 is 16.0 Å². The van der Waals surface area contributed by atoms with Gasteiger partial charge in [0.1, 0.15) is 11.3 Å². The molecule has 0 amide bonds. The van der Waals surface area contributed by atoms with E-state index in [1.807, 2.05) is 30.8 Å². The number of nitrogens with zero attached hydrogens (tertiary/aromatic N) is 1. The minimum Gasteiger partial charge on any atom is -0.492 e. The molecule has 0 unspecified atom stereocenters. The summed E-state index contributed by atoms with van der Waals surface area (Å²) >= 11 is 1.95. The lowest BCUT2D eigenvalue weighted by Gasteiger charge is -2.36. The molecule has 2 heterocycles. The van der Waals surface area contributed by atoms with Gasteiger partial charge in [-0.3, -0.25) is 4.31 Å². The Labute approximate surface area is 207 Å². The van der Waals surface area contributed by atoms with Gasteiger partial charge < -0.3 is 9.47 Å². The predicted octanol–water partition coefficient (Wildman–Crippen LogP) is 5.09. The highest BCUT2D eigenvalue weighted by atomic mass is 32.2. The number of carbonyl (C=O) groups is 1. The third-order valence-corrected chi connectivity index (χ3v) is 9.72. The van der Waals surface area contributed by atoms with Crippen molar-refractivity contribution in [3.05, 3.63) is 53.1 Å². The van der Waals surface area contributed by atoms with Crippen LogP contribution in [-0.2, 0) is 27.6 Å². The summed E-state index contributed by atoms with van der Waals surface area (Å²) in [5, 5.41) is 0. The number of anilines is 1. The smallest absolute Gasteiger partial charge is 0.341 e. The lowest BCUT2D eigenvalue weighted by Crippen LogP contribution is -2.42. The van der Waals surface area contributed by atoms with Crippen LogP contribution in [0.5, 0.6) is 5.75 Å². The van der Waals surface area contributed by atoms with Crippen LogP contribution in [0.4, 0.5) is 5.69 Å². The maximum atomic E-state index is 13.8. The Kier molecular flexibility index (Phi) is 7.77. The van der Waals surface area contributed by atoms with Gasteiger partial charge in [0, 0.05) is 6.04 Å². The van der Waals surface area contributed by atoms with E-state index in [-0.39, 0.29) is 16.5 Å². The van der Waals surface area contributed by atoms with Gasteiger partial charge in [0.15, 0.2) is 0 Å². The summed E-state index contributed by atoms with van der Waals surface area (Å²) < 4.78 is 40.1. The summed E-state index contributed by atoms with van der Waals surface area (Å²) in [6.45, 7) is 4.52. The fourth-order valence-corrected chi connectivity index (χ4v) is 7.61. The van der Waals surface area contributed by atoms with Crippen LogP contribution in [0, 0.1) is 5.92 Å². The molecule has 0 aliphatic carbocycles. The van der Waals surface area contributed by atoms with E-state index in [2.05, 4.69) is 13.0 Å². The van der Waals surface area contributed by atoms with Crippen LogP contribution in [0.25, 0.3) is 0 Å². The van der Waals surface area contributed by atoms with Crippen molar-refractivity contribution in [2.75, 3.05) is 29.5 Å². The number of ether oxygens (including phenoxy) is 2. The largest absolute Gasteiger partial charge is 0.492 e. The summed E-state index contributed by atoms with van der Waals surface area (Å²) in [5.41, 5.74) is 3.09. The molecule has 0 bridgehead atoms. The number of hydrogen-bond acceptors (Lipinski definition) is 6. The molecule has 4 rings (SSSR count). The summed E-state index contributed by atoms with van der Waals surface area (Å²) in [4.78, 5) is 12.6. The second-order valence-corrected chi connectivity index (χ2v) is 12.1. The average Bonchev–Trinajstić information content (AvgIpc) is 2.86. The van der Waals surface area contributed by atoms with Crippen LogP contribution in [0.15, 0.2) is 41.3 Å². The average molecular weight is 504 g/mol. The Balaban J connectivity index is 1.67. The highest BCUT2D eigenvalue weighted by Gasteiger charge is 2.35. The first-order valence-electron chi connectivity index (χ1n) is 11.9. The molecule has 184 valence electrons. The maximum absolute atomic E-state index is 13.8. The number of methoxy groups -OCH3 is 1. The van der Waals surface area contributed by atoms with E-state index in [0.717, 1.165) is 49.2 Å². The maximum Gasteiger partial charge on any atom is 0.341 e. The van der Waals surface area contributed by atoms with E-state index in [1.54, 1.807) is 6.07 Å². The molecular formula is C26H33NO5S2. The molecule has 0 N–H and O–H groups in total. The Bertz CT molecular complexity index is 1140. The zero-order chi connectivity index (χ0) is 24.3. The normalized spacial score (nSPS) is 18.9. The highest BCUT2D eigenvalue weighted by molar-refractivity contribution is 7.99. The van der Waals surface area contributed by atoms with E-state index in [0.29, 0.717) is 24.0 Å². The second-order valence-electron chi connectivity index (χ2n) is 9.02. The van der Waals surface area contributed by atoms with Crippen molar-refractivity contribution in [1.82, 2.24) is 0 Å². The molecule has 0 saturated carbocycles. The van der Waals surface area contributed by atoms with Crippen LogP contribution < -0.4 is 9.04 Å². The van der Waals surface area contributed by atoms with Crippen molar-refractivity contribution in [3.8, 4) is 5.75 Å². The lowest BCUT2D eigenvalue weighted by atomic mass is 9.96. The van der Waals surface area contributed by atoms with Gasteiger partial charge in [-0.05, 0) is 91.8 Å². The Morgan fingerprint density at radius 3 is 2.59 bits per heavy atom. The highest BCUT2D eigenvalue weighted by Crippen LogP contribution is 2.37. The van der Waals surface area contributed by atoms with Crippen LogP contribution in [0.3, 0.4) is 0 Å². The molecule has 34 heavy (non-hydrogen) atoms. The molecule has 0 aromatic heterocycles. The minimum absolute atomic E-state index is 0.0635. The molecule has 2 aliphatic heterocycles. The Morgan fingerprint density at radius 2 is 1.88 bits per heavy atom. The van der Waals surface area contributed by atoms with E-state index in [1.165, 1.54) is 29.1 Å². The molecule has 1 atom stereocenters. The van der Waals surface area contributed by atoms with Gasteiger partial charge in [0.25, 0.3) is 10.0 Å². The predicted molar refractivity (Wildman–Crippen MR) is 137 cm³/mol. The number of fused-ring (bicyclic) bond motifs is 1. The first kappa shape index (κ1) is 24.9. The number of sulfonamides is 1. The molecule has 0 spiro atoms. The van der Waals surface area contributed by atoms with Gasteiger partial charge in [0.2, 0.25) is 0 Å². The van der Waals surface area contributed by atoms with Gasteiger partial charge in [-0.1, -0.05) is 19.1 Å². The molecule has 6 nitrogen and oxygen atoms in total. The van der Waals surface area contributed by atoms with Crippen molar-refractivity contribution < 1.29 is 22.7 Å². The number of rotatable bonds is 7. The molecule has 1 saturated heterocycles. The number of carbonyl (C=O) groups excluding carboxylic acids is 1. The first-order valence-corrected chi connectivity index (χ1v) is 14.5. The van der Waals surface area contributed by atoms with Crippen molar-refractivity contribution in [1.29, 1.82) is 0 Å². The standard InChI is InChI=1S/C26H33NO5S2/c1-4-19-6-9-24-21(15-19)7-5-18(2)27(24)34(29,30)22-8-10-25(23(16-22)26(28)31-3)32-17-20-11-13-33-14-12-20/h6,8-10,15-16,18,20H,4-5,7,11-14,17H2,1-3H3/t18-/m1/s1. The van der Waals surface area contributed by atoms with Gasteiger partial charge in [-0.25, -0.2) is 13.2 Å².